The number of aromatic nitrogens is 2. The number of carbonyl (C=O) groups is 1. The van der Waals surface area contributed by atoms with E-state index in [9.17, 15) is 18.0 Å². The Morgan fingerprint density at radius 3 is 2.26 bits per heavy atom. The van der Waals surface area contributed by atoms with Crippen LogP contribution in [-0.4, -0.2) is 15.7 Å². The van der Waals surface area contributed by atoms with E-state index in [1.807, 2.05) is 0 Å². The lowest BCUT2D eigenvalue weighted by molar-refractivity contribution is -0.137. The second-order valence-corrected chi connectivity index (χ2v) is 9.37. The predicted octanol–water partition coefficient (Wildman–Crippen LogP) is 6.22. The van der Waals surface area contributed by atoms with E-state index in [1.165, 1.54) is 11.8 Å². The Bertz CT molecular complexity index is 923. The van der Waals surface area contributed by atoms with Crippen molar-refractivity contribution in [2.75, 3.05) is 0 Å². The molecule has 1 heterocycles. The Hall–Kier alpha value is -2.31. The summed E-state index contributed by atoms with van der Waals surface area (Å²) in [4.78, 5) is 11.9. The van der Waals surface area contributed by atoms with Gasteiger partial charge < -0.3 is 5.73 Å². The quantitative estimate of drug-likeness (QED) is 0.585. The highest BCUT2D eigenvalue weighted by molar-refractivity contribution is 5.94. The van der Waals surface area contributed by atoms with Crippen molar-refractivity contribution in [3.8, 4) is 0 Å². The average molecular weight is 436 g/mol. The lowest BCUT2D eigenvalue weighted by atomic mass is 9.77. The van der Waals surface area contributed by atoms with Crippen molar-refractivity contribution in [1.29, 1.82) is 0 Å². The highest BCUT2D eigenvalue weighted by Gasteiger charge is 2.33. The fourth-order valence-electron chi connectivity index (χ4n) is 4.55. The zero-order valence-electron chi connectivity index (χ0n) is 18.7. The number of hydrogen-bond acceptors (Lipinski definition) is 2. The molecule has 4 nitrogen and oxygen atoms in total. The molecule has 0 aliphatic heterocycles. The van der Waals surface area contributed by atoms with Crippen LogP contribution < -0.4 is 5.73 Å². The summed E-state index contributed by atoms with van der Waals surface area (Å²) in [6.07, 6.45) is -0.957. The Morgan fingerprint density at radius 2 is 1.74 bits per heavy atom. The van der Waals surface area contributed by atoms with Crippen molar-refractivity contribution in [2.45, 2.75) is 83.9 Å². The molecule has 7 heteroatoms. The van der Waals surface area contributed by atoms with E-state index in [0.717, 1.165) is 50.1 Å². The van der Waals surface area contributed by atoms with Crippen LogP contribution in [0.25, 0.3) is 0 Å². The molecular formula is C24H32F3N3O. The van der Waals surface area contributed by atoms with Crippen LogP contribution in [0.3, 0.4) is 0 Å². The molecule has 0 unspecified atom stereocenters. The average Bonchev–Trinajstić information content (AvgIpc) is 3.12. The maximum atomic E-state index is 13.0. The molecule has 1 aromatic carbocycles. The van der Waals surface area contributed by atoms with Crippen LogP contribution in [0.1, 0.15) is 104 Å². The fraction of sp³-hybridized carbons (Fsp3) is 0.583. The van der Waals surface area contributed by atoms with Crippen molar-refractivity contribution in [3.63, 3.8) is 0 Å². The lowest BCUT2D eigenvalue weighted by Gasteiger charge is -2.30. The number of primary amides is 1. The summed E-state index contributed by atoms with van der Waals surface area (Å²) in [7, 11) is 0. The smallest absolute Gasteiger partial charge is 0.366 e. The first-order valence-electron chi connectivity index (χ1n) is 11.1. The third-order valence-electron chi connectivity index (χ3n) is 6.38. The predicted molar refractivity (Wildman–Crippen MR) is 115 cm³/mol. The van der Waals surface area contributed by atoms with E-state index in [1.54, 1.807) is 0 Å². The molecule has 1 aliphatic carbocycles. The first-order chi connectivity index (χ1) is 14.5. The number of nitrogens with zero attached hydrogens (tertiary/aromatic N) is 2. The van der Waals surface area contributed by atoms with Gasteiger partial charge in [0.2, 0.25) is 5.91 Å². The number of halogens is 3. The number of rotatable bonds is 6. The molecule has 0 bridgehead atoms. The molecule has 3 rings (SSSR count). The van der Waals surface area contributed by atoms with Crippen LogP contribution in [0.5, 0.6) is 0 Å². The zero-order valence-corrected chi connectivity index (χ0v) is 18.7. The summed E-state index contributed by atoms with van der Waals surface area (Å²) in [5.74, 6) is 0.472. The standard InChI is InChI=1S/C24H32F3N3O/c1-14(2)21-12-22(15(3)4)30(29-21)13-16-5-7-17(8-6-16)19-10-9-18(24(25,26)27)11-20(19)23(28)31/h9-12,14-17H,5-8,13H2,1-4H3,(H2,28,31). The highest BCUT2D eigenvalue weighted by atomic mass is 19.4. The van der Waals surface area contributed by atoms with Crippen LogP contribution in [-0.2, 0) is 12.7 Å². The summed E-state index contributed by atoms with van der Waals surface area (Å²) in [6.45, 7) is 9.47. The fourth-order valence-corrected chi connectivity index (χ4v) is 4.55. The van der Waals surface area contributed by atoms with E-state index in [4.69, 9.17) is 10.8 Å². The second-order valence-electron chi connectivity index (χ2n) is 9.37. The first-order valence-corrected chi connectivity index (χ1v) is 11.1. The van der Waals surface area contributed by atoms with Crippen molar-refractivity contribution < 1.29 is 18.0 Å². The topological polar surface area (TPSA) is 60.9 Å². The van der Waals surface area contributed by atoms with Crippen molar-refractivity contribution in [2.24, 2.45) is 11.7 Å². The van der Waals surface area contributed by atoms with Crippen LogP contribution >= 0.6 is 0 Å². The Morgan fingerprint density at radius 1 is 1.10 bits per heavy atom. The molecule has 1 saturated carbocycles. The zero-order chi connectivity index (χ0) is 22.9. The van der Waals surface area contributed by atoms with Gasteiger partial charge in [-0.15, -0.1) is 0 Å². The monoisotopic (exact) mass is 435 g/mol. The number of benzene rings is 1. The summed E-state index contributed by atoms with van der Waals surface area (Å²) in [6, 6.07) is 5.59. The van der Waals surface area contributed by atoms with Gasteiger partial charge >= 0.3 is 6.18 Å². The van der Waals surface area contributed by atoms with Crippen LogP contribution in [0.2, 0.25) is 0 Å². The minimum Gasteiger partial charge on any atom is -0.366 e. The molecule has 2 N–H and O–H groups in total. The molecule has 31 heavy (non-hydrogen) atoms. The van der Waals surface area contributed by atoms with Gasteiger partial charge in [0.25, 0.3) is 0 Å². The molecule has 1 aromatic heterocycles. The minimum atomic E-state index is -4.49. The summed E-state index contributed by atoms with van der Waals surface area (Å²) < 4.78 is 41.3. The van der Waals surface area contributed by atoms with E-state index < -0.39 is 17.6 Å². The van der Waals surface area contributed by atoms with E-state index in [2.05, 4.69) is 38.4 Å². The van der Waals surface area contributed by atoms with Gasteiger partial charge in [0.15, 0.2) is 0 Å². The lowest BCUT2D eigenvalue weighted by Crippen LogP contribution is -2.23. The number of amides is 1. The minimum absolute atomic E-state index is 0.00554. The van der Waals surface area contributed by atoms with E-state index in [-0.39, 0.29) is 11.5 Å². The Balaban J connectivity index is 1.73. The molecule has 1 aliphatic rings. The highest BCUT2D eigenvalue weighted by Crippen LogP contribution is 2.40. The number of hydrogen-bond donors (Lipinski definition) is 1. The normalized spacial score (nSPS) is 19.9. The summed E-state index contributed by atoms with van der Waals surface area (Å²) in [5.41, 5.74) is 7.56. The third-order valence-corrected chi connectivity index (χ3v) is 6.38. The Labute approximate surface area is 182 Å². The van der Waals surface area contributed by atoms with Gasteiger partial charge in [0, 0.05) is 17.8 Å². The molecule has 1 amide bonds. The maximum absolute atomic E-state index is 13.0. The van der Waals surface area contributed by atoms with E-state index >= 15 is 0 Å². The summed E-state index contributed by atoms with van der Waals surface area (Å²) in [5, 5.41) is 4.82. The van der Waals surface area contributed by atoms with Gasteiger partial charge in [0.05, 0.1) is 11.3 Å². The van der Waals surface area contributed by atoms with Crippen molar-refractivity contribution in [3.05, 3.63) is 52.3 Å². The third kappa shape index (κ3) is 5.31. The number of alkyl halides is 3. The molecule has 0 spiro atoms. The number of carbonyl (C=O) groups excluding carboxylic acids is 1. The molecule has 0 saturated heterocycles. The van der Waals surface area contributed by atoms with Gasteiger partial charge in [0.1, 0.15) is 0 Å². The molecular weight excluding hydrogens is 403 g/mol. The van der Waals surface area contributed by atoms with Crippen molar-refractivity contribution in [1.82, 2.24) is 9.78 Å². The molecule has 170 valence electrons. The molecule has 2 aromatic rings. The SMILES string of the molecule is CC(C)c1cc(C(C)C)n(CC2CCC(c3ccc(C(F)(F)F)cc3C(N)=O)CC2)n1. The van der Waals surface area contributed by atoms with Crippen molar-refractivity contribution >= 4 is 5.91 Å². The molecule has 0 radical (unpaired) electrons. The van der Waals surface area contributed by atoms with Gasteiger partial charge in [-0.1, -0.05) is 33.8 Å². The van der Waals surface area contributed by atoms with Gasteiger partial charge in [-0.2, -0.15) is 18.3 Å². The molecule has 1 fully saturated rings. The largest absolute Gasteiger partial charge is 0.416 e. The van der Waals surface area contributed by atoms with Gasteiger partial charge in [-0.05, 0) is 73.1 Å². The maximum Gasteiger partial charge on any atom is 0.416 e. The van der Waals surface area contributed by atoms with E-state index in [0.29, 0.717) is 23.3 Å². The van der Waals surface area contributed by atoms with Crippen LogP contribution in [0, 0.1) is 5.92 Å². The summed E-state index contributed by atoms with van der Waals surface area (Å²) >= 11 is 0. The van der Waals surface area contributed by atoms with Crippen LogP contribution in [0.15, 0.2) is 24.3 Å². The van der Waals surface area contributed by atoms with Crippen LogP contribution in [0.4, 0.5) is 13.2 Å². The van der Waals surface area contributed by atoms with Gasteiger partial charge in [-0.3, -0.25) is 9.48 Å². The Kier molecular flexibility index (Phi) is 6.82. The second kappa shape index (κ2) is 9.05. The number of nitrogens with two attached hydrogens (primary N) is 1. The first kappa shape index (κ1) is 23.4. The van der Waals surface area contributed by atoms with Gasteiger partial charge in [-0.25, -0.2) is 0 Å². The molecule has 0 atom stereocenters.